The summed E-state index contributed by atoms with van der Waals surface area (Å²) in [6.07, 6.45) is 8.70. The molecule has 3 nitrogen and oxygen atoms in total. The molecule has 5 heteroatoms. The minimum Gasteiger partial charge on any atom is -0.355 e. The summed E-state index contributed by atoms with van der Waals surface area (Å²) < 4.78 is 0. The van der Waals surface area contributed by atoms with Crippen LogP contribution in [0.3, 0.4) is 0 Å². The summed E-state index contributed by atoms with van der Waals surface area (Å²) >= 11 is 7.83. The van der Waals surface area contributed by atoms with Crippen LogP contribution in [0.1, 0.15) is 53.2 Å². The molecule has 0 unspecified atom stereocenters. The van der Waals surface area contributed by atoms with Crippen LogP contribution in [-0.4, -0.2) is 17.4 Å². The average Bonchev–Trinajstić information content (AvgIpc) is 3.33. The van der Waals surface area contributed by atoms with Crippen LogP contribution in [0.4, 0.5) is 0 Å². The second kappa shape index (κ2) is 7.08. The Hall–Kier alpha value is -1.39. The lowest BCUT2D eigenvalue weighted by atomic mass is 9.95. The number of fused-ring (bicyclic) bond motifs is 1. The van der Waals surface area contributed by atoms with Gasteiger partial charge in [0.2, 0.25) is 5.91 Å². The SMILES string of the molecule is O=C(NCCCc1nc2c(s1)CCCC2)C1(c2ccc(Cl)cc2)CC1. The molecule has 0 spiro atoms. The van der Waals surface area contributed by atoms with E-state index in [1.165, 1.54) is 34.8 Å². The first kappa shape index (κ1) is 17.0. The van der Waals surface area contributed by atoms with Gasteiger partial charge < -0.3 is 5.32 Å². The Kier molecular flexibility index (Phi) is 4.83. The smallest absolute Gasteiger partial charge is 0.230 e. The first-order chi connectivity index (χ1) is 12.2. The van der Waals surface area contributed by atoms with Crippen molar-refractivity contribution in [2.24, 2.45) is 0 Å². The number of thiazole rings is 1. The van der Waals surface area contributed by atoms with E-state index in [-0.39, 0.29) is 11.3 Å². The zero-order valence-corrected chi connectivity index (χ0v) is 15.9. The van der Waals surface area contributed by atoms with Crippen molar-refractivity contribution >= 4 is 28.8 Å². The van der Waals surface area contributed by atoms with Crippen LogP contribution in [0, 0.1) is 0 Å². The van der Waals surface area contributed by atoms with Crippen molar-refractivity contribution in [3.63, 3.8) is 0 Å². The van der Waals surface area contributed by atoms with Crippen molar-refractivity contribution in [1.82, 2.24) is 10.3 Å². The number of aryl methyl sites for hydroxylation is 3. The fraction of sp³-hybridized carbons (Fsp3) is 0.500. The normalized spacial score (nSPS) is 17.8. The van der Waals surface area contributed by atoms with Gasteiger partial charge in [-0.1, -0.05) is 23.7 Å². The van der Waals surface area contributed by atoms with Crippen LogP contribution in [-0.2, 0) is 29.5 Å². The molecule has 2 aliphatic rings. The average molecular weight is 375 g/mol. The molecular formula is C20H23ClN2OS. The maximum atomic E-state index is 12.6. The van der Waals surface area contributed by atoms with Gasteiger partial charge in [-0.2, -0.15) is 0 Å². The Morgan fingerprint density at radius 3 is 2.68 bits per heavy atom. The molecule has 1 amide bonds. The molecule has 0 bridgehead atoms. The van der Waals surface area contributed by atoms with E-state index in [0.717, 1.165) is 44.2 Å². The van der Waals surface area contributed by atoms with Crippen LogP contribution in [0.25, 0.3) is 0 Å². The first-order valence-corrected chi connectivity index (χ1v) is 10.4. The van der Waals surface area contributed by atoms with Crippen molar-refractivity contribution < 1.29 is 4.79 Å². The molecule has 1 saturated carbocycles. The molecule has 2 aliphatic carbocycles. The Balaban J connectivity index is 1.28. The van der Waals surface area contributed by atoms with Crippen molar-refractivity contribution in [2.75, 3.05) is 6.54 Å². The Morgan fingerprint density at radius 1 is 1.20 bits per heavy atom. The van der Waals surface area contributed by atoms with Gasteiger partial charge in [0.15, 0.2) is 0 Å². The molecule has 2 aromatic rings. The minimum absolute atomic E-state index is 0.160. The van der Waals surface area contributed by atoms with Gasteiger partial charge in [0.05, 0.1) is 16.1 Å². The Morgan fingerprint density at radius 2 is 1.96 bits per heavy atom. The van der Waals surface area contributed by atoms with Gasteiger partial charge in [0, 0.05) is 22.9 Å². The number of aromatic nitrogens is 1. The van der Waals surface area contributed by atoms with Gasteiger partial charge in [0.1, 0.15) is 0 Å². The van der Waals surface area contributed by atoms with E-state index < -0.39 is 0 Å². The summed E-state index contributed by atoms with van der Waals surface area (Å²) in [6, 6.07) is 7.70. The second-order valence-corrected chi connectivity index (χ2v) is 8.74. The van der Waals surface area contributed by atoms with Gasteiger partial charge in [-0.25, -0.2) is 4.98 Å². The van der Waals surface area contributed by atoms with Crippen LogP contribution < -0.4 is 5.32 Å². The summed E-state index contributed by atoms with van der Waals surface area (Å²) in [6.45, 7) is 0.721. The summed E-state index contributed by atoms with van der Waals surface area (Å²) in [5, 5.41) is 5.09. The molecule has 132 valence electrons. The van der Waals surface area contributed by atoms with Gasteiger partial charge in [-0.3, -0.25) is 4.79 Å². The molecule has 0 saturated heterocycles. The second-order valence-electron chi connectivity index (χ2n) is 7.13. The van der Waals surface area contributed by atoms with E-state index in [0.29, 0.717) is 5.02 Å². The number of nitrogens with zero attached hydrogens (tertiary/aromatic N) is 1. The summed E-state index contributed by atoms with van der Waals surface area (Å²) in [5.74, 6) is 0.160. The molecule has 25 heavy (non-hydrogen) atoms. The van der Waals surface area contributed by atoms with Crippen LogP contribution in [0.5, 0.6) is 0 Å². The maximum absolute atomic E-state index is 12.6. The number of carbonyl (C=O) groups excluding carboxylic acids is 1. The molecule has 1 heterocycles. The molecule has 0 atom stereocenters. The zero-order valence-electron chi connectivity index (χ0n) is 14.3. The van der Waals surface area contributed by atoms with Crippen molar-refractivity contribution in [1.29, 1.82) is 0 Å². The third-order valence-electron chi connectivity index (χ3n) is 5.32. The van der Waals surface area contributed by atoms with Crippen LogP contribution in [0.15, 0.2) is 24.3 Å². The van der Waals surface area contributed by atoms with E-state index >= 15 is 0 Å². The lowest BCUT2D eigenvalue weighted by Gasteiger charge is -2.15. The van der Waals surface area contributed by atoms with E-state index in [1.54, 1.807) is 0 Å². The number of benzene rings is 1. The summed E-state index contributed by atoms with van der Waals surface area (Å²) in [5.41, 5.74) is 2.10. The summed E-state index contributed by atoms with van der Waals surface area (Å²) in [4.78, 5) is 18.9. The predicted molar refractivity (Wildman–Crippen MR) is 102 cm³/mol. The van der Waals surface area contributed by atoms with Gasteiger partial charge in [0.25, 0.3) is 0 Å². The molecule has 0 radical (unpaired) electrons. The molecule has 4 rings (SSSR count). The van der Waals surface area contributed by atoms with Crippen molar-refractivity contribution in [2.45, 2.75) is 56.8 Å². The molecule has 1 N–H and O–H groups in total. The summed E-state index contributed by atoms with van der Waals surface area (Å²) in [7, 11) is 0. The van der Waals surface area contributed by atoms with Crippen LogP contribution >= 0.6 is 22.9 Å². The van der Waals surface area contributed by atoms with E-state index in [2.05, 4.69) is 5.32 Å². The Labute approximate surface area is 157 Å². The number of hydrogen-bond acceptors (Lipinski definition) is 3. The van der Waals surface area contributed by atoms with Gasteiger partial charge in [-0.05, 0) is 62.6 Å². The quantitative estimate of drug-likeness (QED) is 0.758. The molecule has 1 aromatic carbocycles. The highest BCUT2D eigenvalue weighted by molar-refractivity contribution is 7.11. The topological polar surface area (TPSA) is 42.0 Å². The monoisotopic (exact) mass is 374 g/mol. The lowest BCUT2D eigenvalue weighted by molar-refractivity contribution is -0.123. The number of nitrogens with one attached hydrogen (secondary N) is 1. The maximum Gasteiger partial charge on any atom is 0.230 e. The standard InChI is InChI=1S/C20H23ClN2OS/c21-15-9-7-14(8-10-15)20(11-12-20)19(24)22-13-3-6-18-23-16-4-1-2-5-17(16)25-18/h7-10H,1-6,11-13H2,(H,22,24). The van der Waals surface area contributed by atoms with E-state index in [1.807, 2.05) is 35.6 Å². The fourth-order valence-electron chi connectivity index (χ4n) is 3.66. The van der Waals surface area contributed by atoms with Crippen molar-refractivity contribution in [3.05, 3.63) is 50.4 Å². The van der Waals surface area contributed by atoms with E-state index in [9.17, 15) is 4.79 Å². The van der Waals surface area contributed by atoms with Gasteiger partial charge >= 0.3 is 0 Å². The van der Waals surface area contributed by atoms with Crippen molar-refractivity contribution in [3.8, 4) is 0 Å². The number of amides is 1. The fourth-order valence-corrected chi connectivity index (χ4v) is 4.99. The Bertz CT molecular complexity index is 741. The van der Waals surface area contributed by atoms with E-state index in [4.69, 9.17) is 16.6 Å². The lowest BCUT2D eigenvalue weighted by Crippen LogP contribution is -2.35. The highest BCUT2D eigenvalue weighted by Gasteiger charge is 2.50. The highest BCUT2D eigenvalue weighted by Crippen LogP contribution is 2.48. The third kappa shape index (κ3) is 3.61. The zero-order chi connectivity index (χ0) is 17.3. The largest absolute Gasteiger partial charge is 0.355 e. The number of carbonyl (C=O) groups is 1. The highest BCUT2D eigenvalue weighted by atomic mass is 35.5. The van der Waals surface area contributed by atoms with Gasteiger partial charge in [-0.15, -0.1) is 11.3 Å². The molecule has 1 aromatic heterocycles. The predicted octanol–water partition coefficient (Wildman–Crippen LogP) is 4.46. The first-order valence-electron chi connectivity index (χ1n) is 9.19. The molecular weight excluding hydrogens is 352 g/mol. The molecule has 1 fully saturated rings. The van der Waals surface area contributed by atoms with Crippen LogP contribution in [0.2, 0.25) is 5.02 Å². The number of rotatable bonds is 6. The minimum atomic E-state index is -0.315. The molecule has 0 aliphatic heterocycles. The third-order valence-corrected chi connectivity index (χ3v) is 6.79. The number of halogens is 1. The number of hydrogen-bond donors (Lipinski definition) is 1.